The molecular formula is C19H25NO3. The van der Waals surface area contributed by atoms with E-state index in [1.807, 2.05) is 42.5 Å². The third kappa shape index (κ3) is 6.96. The van der Waals surface area contributed by atoms with E-state index in [-0.39, 0.29) is 17.0 Å². The first-order chi connectivity index (χ1) is 10.7. The van der Waals surface area contributed by atoms with Crippen molar-refractivity contribution in [2.45, 2.75) is 34.1 Å². The summed E-state index contributed by atoms with van der Waals surface area (Å²) in [6, 6.07) is 9.78. The molecule has 1 rings (SSSR count). The van der Waals surface area contributed by atoms with E-state index in [1.54, 1.807) is 0 Å². The molecule has 0 aliphatic carbocycles. The Labute approximate surface area is 138 Å². The number of nitrogens with one attached hydrogen (secondary N) is 1. The van der Waals surface area contributed by atoms with E-state index in [4.69, 9.17) is 4.74 Å². The summed E-state index contributed by atoms with van der Waals surface area (Å²) in [5.74, 6) is -0.857. The predicted octanol–water partition coefficient (Wildman–Crippen LogP) is 3.39. The fourth-order valence-electron chi connectivity index (χ4n) is 1.94. The van der Waals surface area contributed by atoms with Crippen molar-refractivity contribution in [1.82, 2.24) is 5.32 Å². The quantitative estimate of drug-likeness (QED) is 0.515. The monoisotopic (exact) mass is 315 g/mol. The van der Waals surface area contributed by atoms with Gasteiger partial charge in [-0.05, 0) is 23.0 Å². The summed E-state index contributed by atoms with van der Waals surface area (Å²) >= 11 is 0. The maximum absolute atomic E-state index is 12.1. The van der Waals surface area contributed by atoms with Gasteiger partial charge in [0.25, 0.3) is 0 Å². The van der Waals surface area contributed by atoms with Gasteiger partial charge in [-0.25, -0.2) is 4.79 Å². The summed E-state index contributed by atoms with van der Waals surface area (Å²) in [4.78, 5) is 23.5. The van der Waals surface area contributed by atoms with Crippen molar-refractivity contribution >= 4 is 11.9 Å². The molecule has 0 bridgehead atoms. The zero-order valence-electron chi connectivity index (χ0n) is 14.5. The minimum Gasteiger partial charge on any atom is -0.464 e. The third-order valence-corrected chi connectivity index (χ3v) is 3.03. The molecule has 0 saturated carbocycles. The lowest BCUT2D eigenvalue weighted by atomic mass is 9.93. The minimum absolute atomic E-state index is 0.0423. The summed E-state index contributed by atoms with van der Waals surface area (Å²) in [6.07, 6.45) is 4.42. The number of methoxy groups -OCH3 is 1. The number of ether oxygens (including phenoxy) is 1. The van der Waals surface area contributed by atoms with Crippen LogP contribution in [0, 0.1) is 5.41 Å². The Morgan fingerprint density at radius 1 is 1.17 bits per heavy atom. The van der Waals surface area contributed by atoms with Crippen LogP contribution < -0.4 is 5.32 Å². The highest BCUT2D eigenvalue weighted by molar-refractivity contribution is 5.94. The maximum Gasteiger partial charge on any atom is 0.354 e. The average Bonchev–Trinajstić information content (AvgIpc) is 2.48. The first-order valence-electron chi connectivity index (χ1n) is 7.55. The minimum atomic E-state index is -0.551. The van der Waals surface area contributed by atoms with Crippen LogP contribution >= 0.6 is 0 Å². The summed E-state index contributed by atoms with van der Waals surface area (Å²) in [5, 5.41) is 2.60. The van der Waals surface area contributed by atoms with Crippen molar-refractivity contribution < 1.29 is 14.3 Å². The summed E-state index contributed by atoms with van der Waals surface area (Å²) in [5.41, 5.74) is 1.91. The Morgan fingerprint density at radius 2 is 1.78 bits per heavy atom. The number of rotatable bonds is 5. The van der Waals surface area contributed by atoms with E-state index in [1.165, 1.54) is 14.0 Å². The van der Waals surface area contributed by atoms with Crippen LogP contribution in [0.2, 0.25) is 0 Å². The SMILES string of the molecule is COC(=O)/C(NC(C)=O)=C(\C=C\C(C)(C)C)Cc1ccccc1. The van der Waals surface area contributed by atoms with Gasteiger partial charge in [-0.3, -0.25) is 4.79 Å². The Kier molecular flexibility index (Phi) is 6.76. The maximum atomic E-state index is 12.1. The highest BCUT2D eigenvalue weighted by Crippen LogP contribution is 2.20. The molecule has 1 aromatic rings. The molecule has 124 valence electrons. The van der Waals surface area contributed by atoms with Crippen LogP contribution in [0.1, 0.15) is 33.3 Å². The van der Waals surface area contributed by atoms with Crippen LogP contribution in [0.5, 0.6) is 0 Å². The Hall–Kier alpha value is -2.36. The lowest BCUT2D eigenvalue weighted by molar-refractivity contribution is -0.137. The van der Waals surface area contributed by atoms with Gasteiger partial charge in [0.05, 0.1) is 7.11 Å². The number of hydrogen-bond donors (Lipinski definition) is 1. The van der Waals surface area contributed by atoms with E-state index >= 15 is 0 Å². The van der Waals surface area contributed by atoms with E-state index in [2.05, 4.69) is 26.1 Å². The number of amides is 1. The number of esters is 1. The molecule has 0 saturated heterocycles. The first kappa shape index (κ1) is 18.7. The van der Waals surface area contributed by atoms with Gasteiger partial charge in [0, 0.05) is 6.92 Å². The standard InChI is InChI=1S/C19H25NO3/c1-14(21)20-17(18(22)23-5)16(11-12-19(2,3)4)13-15-9-7-6-8-10-15/h6-12H,13H2,1-5H3,(H,20,21)/b12-11+,17-16-. The van der Waals surface area contributed by atoms with Gasteiger partial charge in [0.2, 0.25) is 5.91 Å². The van der Waals surface area contributed by atoms with Gasteiger partial charge < -0.3 is 10.1 Å². The number of benzene rings is 1. The van der Waals surface area contributed by atoms with Crippen LogP contribution in [0.3, 0.4) is 0 Å². The van der Waals surface area contributed by atoms with E-state index in [9.17, 15) is 9.59 Å². The molecule has 1 aromatic carbocycles. The molecule has 4 nitrogen and oxygen atoms in total. The second-order valence-corrected chi connectivity index (χ2v) is 6.43. The topological polar surface area (TPSA) is 55.4 Å². The molecule has 1 amide bonds. The predicted molar refractivity (Wildman–Crippen MR) is 91.6 cm³/mol. The van der Waals surface area contributed by atoms with Gasteiger partial charge in [-0.15, -0.1) is 0 Å². The zero-order chi connectivity index (χ0) is 17.5. The van der Waals surface area contributed by atoms with Gasteiger partial charge >= 0.3 is 5.97 Å². The van der Waals surface area contributed by atoms with Crippen molar-refractivity contribution in [2.24, 2.45) is 5.41 Å². The summed E-state index contributed by atoms with van der Waals surface area (Å²) in [7, 11) is 1.30. The van der Waals surface area contributed by atoms with Crippen molar-refractivity contribution in [2.75, 3.05) is 7.11 Å². The van der Waals surface area contributed by atoms with Gasteiger partial charge in [-0.2, -0.15) is 0 Å². The van der Waals surface area contributed by atoms with Crippen molar-refractivity contribution in [1.29, 1.82) is 0 Å². The van der Waals surface area contributed by atoms with Crippen LogP contribution in [0.25, 0.3) is 0 Å². The van der Waals surface area contributed by atoms with Crippen molar-refractivity contribution in [3.8, 4) is 0 Å². The molecule has 0 aliphatic heterocycles. The van der Waals surface area contributed by atoms with Gasteiger partial charge in [0.15, 0.2) is 0 Å². The number of hydrogen-bond acceptors (Lipinski definition) is 3. The molecular weight excluding hydrogens is 290 g/mol. The highest BCUT2D eigenvalue weighted by Gasteiger charge is 2.17. The summed E-state index contributed by atoms with van der Waals surface area (Å²) < 4.78 is 4.82. The second-order valence-electron chi connectivity index (χ2n) is 6.43. The van der Waals surface area contributed by atoms with Gasteiger partial charge in [-0.1, -0.05) is 63.3 Å². The lowest BCUT2D eigenvalue weighted by Gasteiger charge is -2.15. The molecule has 23 heavy (non-hydrogen) atoms. The van der Waals surface area contributed by atoms with Crippen LogP contribution in [0.15, 0.2) is 53.8 Å². The molecule has 0 spiro atoms. The van der Waals surface area contributed by atoms with Crippen molar-refractivity contribution in [3.05, 3.63) is 59.3 Å². The van der Waals surface area contributed by atoms with Crippen LogP contribution in [-0.4, -0.2) is 19.0 Å². The largest absolute Gasteiger partial charge is 0.464 e. The molecule has 0 aliphatic rings. The second kappa shape index (κ2) is 8.32. The molecule has 0 fully saturated rings. The fraction of sp³-hybridized carbons (Fsp3) is 0.368. The molecule has 0 aromatic heterocycles. The number of allylic oxidation sites excluding steroid dienone is 3. The van der Waals surface area contributed by atoms with E-state index < -0.39 is 5.97 Å². The highest BCUT2D eigenvalue weighted by atomic mass is 16.5. The summed E-state index contributed by atoms with van der Waals surface area (Å²) in [6.45, 7) is 7.58. The molecule has 0 radical (unpaired) electrons. The fourth-order valence-corrected chi connectivity index (χ4v) is 1.94. The van der Waals surface area contributed by atoms with Crippen molar-refractivity contribution in [3.63, 3.8) is 0 Å². The normalized spacial score (nSPS) is 12.7. The Morgan fingerprint density at radius 3 is 2.26 bits per heavy atom. The average molecular weight is 315 g/mol. The van der Waals surface area contributed by atoms with E-state index in [0.29, 0.717) is 12.0 Å². The zero-order valence-corrected chi connectivity index (χ0v) is 14.5. The molecule has 1 N–H and O–H groups in total. The van der Waals surface area contributed by atoms with E-state index in [0.717, 1.165) is 5.56 Å². The number of carbonyl (C=O) groups excluding carboxylic acids is 2. The Bertz CT molecular complexity index is 607. The molecule has 0 heterocycles. The van der Waals surface area contributed by atoms with Gasteiger partial charge in [0.1, 0.15) is 5.70 Å². The smallest absolute Gasteiger partial charge is 0.354 e. The molecule has 4 heteroatoms. The molecule has 0 unspecified atom stereocenters. The lowest BCUT2D eigenvalue weighted by Crippen LogP contribution is -2.27. The van der Waals surface area contributed by atoms with Crippen LogP contribution in [0.4, 0.5) is 0 Å². The number of carbonyl (C=O) groups is 2. The molecule has 0 atom stereocenters. The Balaban J connectivity index is 3.32. The van der Waals surface area contributed by atoms with Crippen LogP contribution in [-0.2, 0) is 20.7 Å². The third-order valence-electron chi connectivity index (χ3n) is 3.03. The first-order valence-corrected chi connectivity index (χ1v) is 7.55.